The highest BCUT2D eigenvalue weighted by Gasteiger charge is 2.11. The van der Waals surface area contributed by atoms with Gasteiger partial charge < -0.3 is 9.84 Å². The van der Waals surface area contributed by atoms with Crippen molar-refractivity contribution in [2.45, 2.75) is 26.3 Å². The minimum absolute atomic E-state index is 0.168. The number of aromatic nitrogens is 2. The van der Waals surface area contributed by atoms with Gasteiger partial charge in [0.25, 0.3) is 0 Å². The van der Waals surface area contributed by atoms with Crippen molar-refractivity contribution in [3.05, 3.63) is 36.2 Å². The first kappa shape index (κ1) is 14.1. The molecule has 0 bridgehead atoms. The molecule has 0 radical (unpaired) electrons. The number of phenols is 1. The lowest BCUT2D eigenvalue weighted by Gasteiger charge is -2.06. The molecule has 0 atom stereocenters. The summed E-state index contributed by atoms with van der Waals surface area (Å²) in [7, 11) is 1.36. The van der Waals surface area contributed by atoms with E-state index in [1.165, 1.54) is 7.11 Å². The molecule has 0 amide bonds. The summed E-state index contributed by atoms with van der Waals surface area (Å²) < 4.78 is 6.47. The largest absolute Gasteiger partial charge is 0.507 e. The van der Waals surface area contributed by atoms with Gasteiger partial charge in [-0.2, -0.15) is 5.10 Å². The number of carbonyl (C=O) groups excluding carboxylic acids is 1. The SMILES string of the molecule is COC(=O)Cc1ccc(O)c(-c2cnn(C(C)C)c2)c1. The van der Waals surface area contributed by atoms with E-state index in [-0.39, 0.29) is 24.2 Å². The first-order valence-corrected chi connectivity index (χ1v) is 6.44. The Balaban J connectivity index is 2.34. The number of hydrogen-bond acceptors (Lipinski definition) is 4. The Morgan fingerprint density at radius 3 is 2.80 bits per heavy atom. The molecule has 0 aliphatic heterocycles. The Kier molecular flexibility index (Phi) is 4.08. The third kappa shape index (κ3) is 2.99. The second-order valence-electron chi connectivity index (χ2n) is 4.91. The minimum Gasteiger partial charge on any atom is -0.507 e. The molecule has 1 N–H and O–H groups in total. The van der Waals surface area contributed by atoms with E-state index in [1.807, 2.05) is 24.7 Å². The molecule has 0 fully saturated rings. The fourth-order valence-corrected chi connectivity index (χ4v) is 1.92. The zero-order chi connectivity index (χ0) is 14.7. The third-order valence-electron chi connectivity index (χ3n) is 3.08. The highest BCUT2D eigenvalue weighted by molar-refractivity contribution is 5.75. The van der Waals surface area contributed by atoms with Gasteiger partial charge in [0, 0.05) is 23.4 Å². The second-order valence-corrected chi connectivity index (χ2v) is 4.91. The molecule has 1 aromatic heterocycles. The molecule has 2 aromatic rings. The van der Waals surface area contributed by atoms with Crippen LogP contribution >= 0.6 is 0 Å². The molecule has 0 saturated heterocycles. The van der Waals surface area contributed by atoms with Gasteiger partial charge in [-0.1, -0.05) is 6.07 Å². The molecular weight excluding hydrogens is 256 g/mol. The van der Waals surface area contributed by atoms with Crippen molar-refractivity contribution in [2.75, 3.05) is 7.11 Å². The van der Waals surface area contributed by atoms with Gasteiger partial charge in [-0.3, -0.25) is 9.48 Å². The summed E-state index contributed by atoms with van der Waals surface area (Å²) in [5, 5.41) is 14.2. The highest BCUT2D eigenvalue weighted by atomic mass is 16.5. The van der Waals surface area contributed by atoms with Crippen LogP contribution in [0.15, 0.2) is 30.6 Å². The van der Waals surface area contributed by atoms with E-state index >= 15 is 0 Å². The van der Waals surface area contributed by atoms with Crippen molar-refractivity contribution in [1.29, 1.82) is 0 Å². The van der Waals surface area contributed by atoms with Crippen LogP contribution in [0, 0.1) is 0 Å². The molecule has 1 aromatic carbocycles. The number of esters is 1. The molecule has 5 heteroatoms. The van der Waals surface area contributed by atoms with Gasteiger partial charge in [0.2, 0.25) is 0 Å². The van der Waals surface area contributed by atoms with E-state index < -0.39 is 0 Å². The van der Waals surface area contributed by atoms with Crippen molar-refractivity contribution in [3.63, 3.8) is 0 Å². The summed E-state index contributed by atoms with van der Waals surface area (Å²) in [6.07, 6.45) is 3.76. The number of benzene rings is 1. The second kappa shape index (κ2) is 5.77. The third-order valence-corrected chi connectivity index (χ3v) is 3.08. The van der Waals surface area contributed by atoms with Gasteiger partial charge in [0.1, 0.15) is 5.75 Å². The summed E-state index contributed by atoms with van der Waals surface area (Å²) in [5.74, 6) is -0.138. The van der Waals surface area contributed by atoms with Crippen molar-refractivity contribution in [1.82, 2.24) is 9.78 Å². The quantitative estimate of drug-likeness (QED) is 0.870. The zero-order valence-electron chi connectivity index (χ0n) is 11.8. The van der Waals surface area contributed by atoms with E-state index in [1.54, 1.807) is 24.4 Å². The Labute approximate surface area is 117 Å². The molecule has 1 heterocycles. The summed E-state index contributed by atoms with van der Waals surface area (Å²) >= 11 is 0. The molecular formula is C15H18N2O3. The normalized spacial score (nSPS) is 10.8. The van der Waals surface area contributed by atoms with Crippen LogP contribution in [0.3, 0.4) is 0 Å². The summed E-state index contributed by atoms with van der Waals surface area (Å²) in [6.45, 7) is 4.06. The van der Waals surface area contributed by atoms with E-state index in [2.05, 4.69) is 9.84 Å². The van der Waals surface area contributed by atoms with Crippen LogP contribution in [0.4, 0.5) is 0 Å². The van der Waals surface area contributed by atoms with Crippen molar-refractivity contribution in [2.24, 2.45) is 0 Å². The average molecular weight is 274 g/mol. The van der Waals surface area contributed by atoms with Crippen LogP contribution in [0.5, 0.6) is 5.75 Å². The summed E-state index contributed by atoms with van der Waals surface area (Å²) in [6, 6.07) is 5.33. The number of hydrogen-bond donors (Lipinski definition) is 1. The molecule has 0 aliphatic rings. The van der Waals surface area contributed by atoms with E-state index in [0.29, 0.717) is 5.56 Å². The number of nitrogens with zero attached hydrogens (tertiary/aromatic N) is 2. The predicted molar refractivity (Wildman–Crippen MR) is 75.4 cm³/mol. The maximum absolute atomic E-state index is 11.3. The zero-order valence-corrected chi connectivity index (χ0v) is 11.8. The predicted octanol–water partition coefficient (Wildman–Crippen LogP) is 2.55. The Bertz CT molecular complexity index is 617. The maximum atomic E-state index is 11.3. The molecule has 0 saturated carbocycles. The molecule has 106 valence electrons. The molecule has 0 unspecified atom stereocenters. The number of rotatable bonds is 4. The van der Waals surface area contributed by atoms with Crippen molar-refractivity contribution in [3.8, 4) is 16.9 Å². The Hall–Kier alpha value is -2.30. The lowest BCUT2D eigenvalue weighted by Crippen LogP contribution is -2.04. The summed E-state index contributed by atoms with van der Waals surface area (Å²) in [5.41, 5.74) is 2.28. The smallest absolute Gasteiger partial charge is 0.309 e. The van der Waals surface area contributed by atoms with Crippen molar-refractivity contribution < 1.29 is 14.6 Å². The highest BCUT2D eigenvalue weighted by Crippen LogP contribution is 2.30. The minimum atomic E-state index is -0.306. The van der Waals surface area contributed by atoms with E-state index in [4.69, 9.17) is 0 Å². The van der Waals surface area contributed by atoms with Gasteiger partial charge >= 0.3 is 5.97 Å². The summed E-state index contributed by atoms with van der Waals surface area (Å²) in [4.78, 5) is 11.3. The van der Waals surface area contributed by atoms with Crippen LogP contribution in [-0.4, -0.2) is 28.0 Å². The fourth-order valence-electron chi connectivity index (χ4n) is 1.92. The molecule has 20 heavy (non-hydrogen) atoms. The van der Waals surface area contributed by atoms with Gasteiger partial charge in [-0.15, -0.1) is 0 Å². The topological polar surface area (TPSA) is 64.3 Å². The van der Waals surface area contributed by atoms with Crippen LogP contribution in [0.1, 0.15) is 25.5 Å². The average Bonchev–Trinajstić information content (AvgIpc) is 2.90. The van der Waals surface area contributed by atoms with Gasteiger partial charge in [0.05, 0.1) is 19.7 Å². The Morgan fingerprint density at radius 2 is 2.20 bits per heavy atom. The van der Waals surface area contributed by atoms with Gasteiger partial charge in [-0.05, 0) is 31.5 Å². The first-order chi connectivity index (χ1) is 9.51. The number of carbonyl (C=O) groups is 1. The lowest BCUT2D eigenvalue weighted by molar-refractivity contribution is -0.139. The standard InChI is InChI=1S/C15H18N2O3/c1-10(2)17-9-12(8-16-17)13-6-11(4-5-14(13)18)7-15(19)20-3/h4-6,8-10,18H,7H2,1-3H3. The maximum Gasteiger partial charge on any atom is 0.309 e. The van der Waals surface area contributed by atoms with Crippen LogP contribution < -0.4 is 0 Å². The van der Waals surface area contributed by atoms with E-state index in [0.717, 1.165) is 11.1 Å². The Morgan fingerprint density at radius 1 is 1.45 bits per heavy atom. The van der Waals surface area contributed by atoms with Crippen LogP contribution in [0.2, 0.25) is 0 Å². The monoisotopic (exact) mass is 274 g/mol. The number of phenolic OH excluding ortho intramolecular Hbond substituents is 1. The molecule has 2 rings (SSSR count). The van der Waals surface area contributed by atoms with Crippen LogP contribution in [0.25, 0.3) is 11.1 Å². The lowest BCUT2D eigenvalue weighted by atomic mass is 10.0. The van der Waals surface area contributed by atoms with Gasteiger partial charge in [0.15, 0.2) is 0 Å². The molecule has 5 nitrogen and oxygen atoms in total. The number of ether oxygens (including phenoxy) is 1. The van der Waals surface area contributed by atoms with E-state index in [9.17, 15) is 9.90 Å². The number of methoxy groups -OCH3 is 1. The molecule has 0 spiro atoms. The molecule has 0 aliphatic carbocycles. The van der Waals surface area contributed by atoms with Crippen molar-refractivity contribution >= 4 is 5.97 Å². The fraction of sp³-hybridized carbons (Fsp3) is 0.333. The number of aromatic hydroxyl groups is 1. The van der Waals surface area contributed by atoms with Gasteiger partial charge in [-0.25, -0.2) is 0 Å². The first-order valence-electron chi connectivity index (χ1n) is 6.44. The van der Waals surface area contributed by atoms with Crippen LogP contribution in [-0.2, 0) is 16.0 Å².